The molecule has 0 aliphatic rings. The minimum Gasteiger partial charge on any atom is -0.479 e. The molecular formula is C11H22N2O5. The van der Waals surface area contributed by atoms with E-state index in [0.29, 0.717) is 6.54 Å². The molecule has 0 fully saturated rings. The Labute approximate surface area is 106 Å². The zero-order chi connectivity index (χ0) is 14.6. The molecule has 0 bridgehead atoms. The van der Waals surface area contributed by atoms with Gasteiger partial charge in [-0.3, -0.25) is 0 Å². The van der Waals surface area contributed by atoms with E-state index in [1.54, 1.807) is 20.8 Å². The van der Waals surface area contributed by atoms with Crippen molar-refractivity contribution in [2.75, 3.05) is 19.6 Å². The van der Waals surface area contributed by atoms with E-state index in [2.05, 4.69) is 5.32 Å². The molecule has 0 aromatic heterocycles. The highest BCUT2D eigenvalue weighted by molar-refractivity contribution is 5.79. The lowest BCUT2D eigenvalue weighted by Gasteiger charge is -2.29. The van der Waals surface area contributed by atoms with E-state index in [9.17, 15) is 19.8 Å². The van der Waals surface area contributed by atoms with Crippen molar-refractivity contribution in [1.82, 2.24) is 10.2 Å². The van der Waals surface area contributed by atoms with Crippen LogP contribution in [0.4, 0.5) is 4.79 Å². The zero-order valence-electron chi connectivity index (χ0n) is 11.2. The number of aliphatic carboxylic acids is 1. The second kappa shape index (κ2) is 6.01. The van der Waals surface area contributed by atoms with Crippen LogP contribution in [-0.2, 0) is 4.79 Å². The summed E-state index contributed by atoms with van der Waals surface area (Å²) >= 11 is 0. The number of nitrogens with one attached hydrogen (secondary N) is 1. The van der Waals surface area contributed by atoms with Crippen LogP contribution >= 0.6 is 0 Å². The van der Waals surface area contributed by atoms with Crippen molar-refractivity contribution in [3.05, 3.63) is 0 Å². The molecule has 18 heavy (non-hydrogen) atoms. The predicted molar refractivity (Wildman–Crippen MR) is 65.2 cm³/mol. The molecule has 4 N–H and O–H groups in total. The summed E-state index contributed by atoms with van der Waals surface area (Å²) in [5.74, 6) is -1.41. The van der Waals surface area contributed by atoms with Gasteiger partial charge in [0.1, 0.15) is 0 Å². The lowest BCUT2D eigenvalue weighted by atomic mass is 10.1. The number of carboxylic acid groups (broad SMARTS) is 1. The van der Waals surface area contributed by atoms with Gasteiger partial charge in [0.15, 0.2) is 5.60 Å². The van der Waals surface area contributed by atoms with Crippen molar-refractivity contribution >= 4 is 12.0 Å². The van der Waals surface area contributed by atoms with Gasteiger partial charge < -0.3 is 25.5 Å². The summed E-state index contributed by atoms with van der Waals surface area (Å²) in [7, 11) is 0. The lowest BCUT2D eigenvalue weighted by Crippen LogP contribution is -2.52. The van der Waals surface area contributed by atoms with Crippen LogP contribution in [0.2, 0.25) is 0 Å². The number of carbonyl (C=O) groups excluding carboxylic acids is 1. The van der Waals surface area contributed by atoms with E-state index in [1.165, 1.54) is 4.90 Å². The van der Waals surface area contributed by atoms with Gasteiger partial charge in [-0.25, -0.2) is 9.59 Å². The lowest BCUT2D eigenvalue weighted by molar-refractivity contribution is -0.155. The number of likely N-dealkylation sites (N-methyl/N-ethyl adjacent to an activating group) is 1. The summed E-state index contributed by atoms with van der Waals surface area (Å²) in [6.45, 7) is 6.05. The van der Waals surface area contributed by atoms with Gasteiger partial charge in [-0.1, -0.05) is 0 Å². The third kappa shape index (κ3) is 5.83. The fourth-order valence-electron chi connectivity index (χ4n) is 1.23. The number of hydrogen-bond donors (Lipinski definition) is 4. The van der Waals surface area contributed by atoms with E-state index in [4.69, 9.17) is 5.11 Å². The zero-order valence-corrected chi connectivity index (χ0v) is 11.2. The largest absolute Gasteiger partial charge is 0.479 e. The van der Waals surface area contributed by atoms with E-state index in [1.807, 2.05) is 0 Å². The van der Waals surface area contributed by atoms with Crippen LogP contribution < -0.4 is 5.32 Å². The normalized spacial score (nSPS) is 14.8. The van der Waals surface area contributed by atoms with Gasteiger partial charge in [0, 0.05) is 6.54 Å². The van der Waals surface area contributed by atoms with Crippen molar-refractivity contribution in [1.29, 1.82) is 0 Å². The predicted octanol–water partition coefficient (Wildman–Crippen LogP) is -0.376. The summed E-state index contributed by atoms with van der Waals surface area (Å²) in [4.78, 5) is 23.7. The van der Waals surface area contributed by atoms with E-state index < -0.39 is 29.7 Å². The molecule has 106 valence electrons. The van der Waals surface area contributed by atoms with Gasteiger partial charge >= 0.3 is 12.0 Å². The summed E-state index contributed by atoms with van der Waals surface area (Å²) < 4.78 is 0. The number of nitrogens with zero attached hydrogens (tertiary/aromatic N) is 1. The molecule has 1 atom stereocenters. The highest BCUT2D eigenvalue weighted by Gasteiger charge is 2.31. The minimum absolute atomic E-state index is 0.116. The Morgan fingerprint density at radius 3 is 2.06 bits per heavy atom. The van der Waals surface area contributed by atoms with Crippen molar-refractivity contribution in [2.45, 2.75) is 38.9 Å². The van der Waals surface area contributed by atoms with Gasteiger partial charge in [0.25, 0.3) is 0 Å². The minimum atomic E-state index is -2.01. The second-order valence-electron chi connectivity index (χ2n) is 5.06. The summed E-state index contributed by atoms with van der Waals surface area (Å²) in [5, 5.41) is 30.1. The van der Waals surface area contributed by atoms with E-state index in [-0.39, 0.29) is 6.54 Å². The highest BCUT2D eigenvalue weighted by Crippen LogP contribution is 2.06. The number of hydrogen-bond acceptors (Lipinski definition) is 4. The Bertz CT molecular complexity index is 309. The molecule has 0 heterocycles. The number of carbonyl (C=O) groups is 2. The Morgan fingerprint density at radius 1 is 1.22 bits per heavy atom. The first kappa shape index (κ1) is 16.7. The molecule has 1 unspecified atom stereocenters. The van der Waals surface area contributed by atoms with Crippen molar-refractivity contribution in [3.8, 4) is 0 Å². The average Bonchev–Trinajstić information content (AvgIpc) is 2.21. The molecule has 2 amide bonds. The maximum Gasteiger partial charge on any atom is 0.337 e. The molecule has 0 aromatic rings. The van der Waals surface area contributed by atoms with E-state index >= 15 is 0 Å². The number of carboxylic acids is 1. The number of rotatable bonds is 6. The molecule has 0 saturated heterocycles. The van der Waals surface area contributed by atoms with Crippen LogP contribution in [0.3, 0.4) is 0 Å². The first-order valence-electron chi connectivity index (χ1n) is 5.70. The Hall–Kier alpha value is -1.34. The third-order valence-electron chi connectivity index (χ3n) is 2.29. The molecule has 0 saturated carbocycles. The Balaban J connectivity index is 4.43. The van der Waals surface area contributed by atoms with Crippen molar-refractivity contribution < 1.29 is 24.9 Å². The molecule has 0 rings (SSSR count). The standard InChI is InChI=1S/C11H22N2O5/c1-5-13(7-10(2,3)17)9(16)12-6-11(4,18)8(14)15/h17-18H,5-7H2,1-4H3,(H,12,16)(H,14,15). The highest BCUT2D eigenvalue weighted by atomic mass is 16.4. The maximum atomic E-state index is 11.7. The van der Waals surface area contributed by atoms with Crippen LogP contribution in [0.15, 0.2) is 0 Å². The molecule has 7 nitrogen and oxygen atoms in total. The first-order chi connectivity index (χ1) is 7.99. The number of amides is 2. The molecule has 0 radical (unpaired) electrons. The van der Waals surface area contributed by atoms with Gasteiger partial charge in [0.2, 0.25) is 0 Å². The smallest absolute Gasteiger partial charge is 0.337 e. The van der Waals surface area contributed by atoms with Crippen LogP contribution in [0, 0.1) is 0 Å². The summed E-state index contributed by atoms with van der Waals surface area (Å²) in [6.07, 6.45) is 0. The molecule has 0 aromatic carbocycles. The summed E-state index contributed by atoms with van der Waals surface area (Å²) in [6, 6.07) is -0.527. The van der Waals surface area contributed by atoms with Crippen LogP contribution in [0.1, 0.15) is 27.7 Å². The van der Waals surface area contributed by atoms with Crippen LogP contribution in [0.5, 0.6) is 0 Å². The number of urea groups is 1. The fraction of sp³-hybridized carbons (Fsp3) is 0.818. The van der Waals surface area contributed by atoms with Gasteiger partial charge in [-0.2, -0.15) is 0 Å². The van der Waals surface area contributed by atoms with Crippen LogP contribution in [0.25, 0.3) is 0 Å². The third-order valence-corrected chi connectivity index (χ3v) is 2.29. The van der Waals surface area contributed by atoms with Crippen LogP contribution in [-0.4, -0.2) is 63.1 Å². The summed E-state index contributed by atoms with van der Waals surface area (Å²) in [5.41, 5.74) is -3.05. The van der Waals surface area contributed by atoms with E-state index in [0.717, 1.165) is 6.92 Å². The first-order valence-corrected chi connectivity index (χ1v) is 5.70. The van der Waals surface area contributed by atoms with Gasteiger partial charge in [-0.05, 0) is 27.7 Å². The molecular weight excluding hydrogens is 240 g/mol. The topological polar surface area (TPSA) is 110 Å². The molecule has 0 spiro atoms. The second-order valence-corrected chi connectivity index (χ2v) is 5.06. The Morgan fingerprint density at radius 2 is 1.72 bits per heavy atom. The quantitative estimate of drug-likeness (QED) is 0.522. The van der Waals surface area contributed by atoms with Gasteiger partial charge in [-0.15, -0.1) is 0 Å². The van der Waals surface area contributed by atoms with Gasteiger partial charge in [0.05, 0.1) is 18.7 Å². The molecule has 7 heteroatoms. The SMILES string of the molecule is CCN(CC(C)(C)O)C(=O)NCC(C)(O)C(=O)O. The molecule has 0 aliphatic heterocycles. The van der Waals surface area contributed by atoms with Crippen molar-refractivity contribution in [3.63, 3.8) is 0 Å². The number of aliphatic hydroxyl groups is 2. The Kier molecular flexibility index (Phi) is 5.56. The monoisotopic (exact) mass is 262 g/mol. The molecule has 0 aliphatic carbocycles. The maximum absolute atomic E-state index is 11.7. The van der Waals surface area contributed by atoms with Crippen molar-refractivity contribution in [2.24, 2.45) is 0 Å². The fourth-order valence-corrected chi connectivity index (χ4v) is 1.23. The average molecular weight is 262 g/mol.